The molecule has 1 unspecified atom stereocenters. The molecular formula is C17H36N2. The maximum atomic E-state index is 3.75. The van der Waals surface area contributed by atoms with Gasteiger partial charge in [-0.25, -0.2) is 0 Å². The Balaban J connectivity index is 2.36. The Morgan fingerprint density at radius 1 is 1.00 bits per heavy atom. The Morgan fingerprint density at radius 3 is 2.11 bits per heavy atom. The van der Waals surface area contributed by atoms with Crippen molar-refractivity contribution in [3.8, 4) is 0 Å². The molecule has 0 saturated carbocycles. The maximum absolute atomic E-state index is 3.75. The standard InChI is InChI=1S/C17H36N2/c1-5-12-18-16(17(2,3)4)11-15-19-13-9-7-6-8-10-14-19/h16,18H,5-15H2,1-4H3. The van der Waals surface area contributed by atoms with Gasteiger partial charge >= 0.3 is 0 Å². The monoisotopic (exact) mass is 268 g/mol. The van der Waals surface area contributed by atoms with E-state index in [1.165, 1.54) is 64.6 Å². The van der Waals surface area contributed by atoms with Gasteiger partial charge in [-0.05, 0) is 57.3 Å². The summed E-state index contributed by atoms with van der Waals surface area (Å²) in [5.41, 5.74) is 0.373. The van der Waals surface area contributed by atoms with Gasteiger partial charge in [0.05, 0.1) is 0 Å². The highest BCUT2D eigenvalue weighted by Crippen LogP contribution is 2.22. The zero-order valence-corrected chi connectivity index (χ0v) is 13.8. The van der Waals surface area contributed by atoms with E-state index in [1.54, 1.807) is 0 Å². The molecule has 2 heteroatoms. The first-order chi connectivity index (χ1) is 9.04. The fourth-order valence-corrected chi connectivity index (χ4v) is 3.01. The van der Waals surface area contributed by atoms with Crippen LogP contribution in [0, 0.1) is 5.41 Å². The Kier molecular flexibility index (Phi) is 8.01. The normalized spacial score (nSPS) is 20.8. The fraction of sp³-hybridized carbons (Fsp3) is 1.00. The predicted molar refractivity (Wildman–Crippen MR) is 85.7 cm³/mol. The molecule has 1 rings (SSSR count). The van der Waals surface area contributed by atoms with Crippen molar-refractivity contribution in [2.45, 2.75) is 78.7 Å². The van der Waals surface area contributed by atoms with Crippen LogP contribution in [0.15, 0.2) is 0 Å². The third-order valence-electron chi connectivity index (χ3n) is 4.37. The molecule has 114 valence electrons. The van der Waals surface area contributed by atoms with Crippen molar-refractivity contribution in [2.75, 3.05) is 26.2 Å². The fourth-order valence-electron chi connectivity index (χ4n) is 3.01. The van der Waals surface area contributed by atoms with Crippen molar-refractivity contribution in [3.63, 3.8) is 0 Å². The van der Waals surface area contributed by atoms with Crippen molar-refractivity contribution in [2.24, 2.45) is 5.41 Å². The molecule has 1 N–H and O–H groups in total. The summed E-state index contributed by atoms with van der Waals surface area (Å²) in [5, 5.41) is 3.75. The number of rotatable bonds is 6. The van der Waals surface area contributed by atoms with E-state index in [4.69, 9.17) is 0 Å². The van der Waals surface area contributed by atoms with Gasteiger partial charge in [0.2, 0.25) is 0 Å². The Morgan fingerprint density at radius 2 is 1.58 bits per heavy atom. The summed E-state index contributed by atoms with van der Waals surface area (Å²) in [6.07, 6.45) is 9.67. The Bertz CT molecular complexity index is 212. The van der Waals surface area contributed by atoms with E-state index in [0.29, 0.717) is 11.5 Å². The highest BCUT2D eigenvalue weighted by atomic mass is 15.1. The minimum absolute atomic E-state index is 0.373. The van der Waals surface area contributed by atoms with E-state index >= 15 is 0 Å². The van der Waals surface area contributed by atoms with Gasteiger partial charge in [-0.15, -0.1) is 0 Å². The zero-order valence-electron chi connectivity index (χ0n) is 13.8. The van der Waals surface area contributed by atoms with Gasteiger partial charge in [-0.3, -0.25) is 0 Å². The molecule has 0 aliphatic carbocycles. The van der Waals surface area contributed by atoms with Crippen LogP contribution in [0.4, 0.5) is 0 Å². The smallest absolute Gasteiger partial charge is 0.0128 e. The molecule has 1 heterocycles. The summed E-state index contributed by atoms with van der Waals surface area (Å²) in [7, 11) is 0. The number of hydrogen-bond acceptors (Lipinski definition) is 2. The van der Waals surface area contributed by atoms with Crippen molar-refractivity contribution in [1.29, 1.82) is 0 Å². The molecular weight excluding hydrogens is 232 g/mol. The van der Waals surface area contributed by atoms with Crippen molar-refractivity contribution in [3.05, 3.63) is 0 Å². The third kappa shape index (κ3) is 7.31. The average Bonchev–Trinajstić information content (AvgIpc) is 2.29. The molecule has 19 heavy (non-hydrogen) atoms. The van der Waals surface area contributed by atoms with Gasteiger partial charge in [0.1, 0.15) is 0 Å². The van der Waals surface area contributed by atoms with E-state index < -0.39 is 0 Å². The average molecular weight is 268 g/mol. The Hall–Kier alpha value is -0.0800. The lowest BCUT2D eigenvalue weighted by Gasteiger charge is -2.34. The molecule has 1 aliphatic rings. The minimum Gasteiger partial charge on any atom is -0.313 e. The van der Waals surface area contributed by atoms with Gasteiger partial charge in [-0.1, -0.05) is 47.0 Å². The van der Waals surface area contributed by atoms with Gasteiger partial charge in [0.15, 0.2) is 0 Å². The number of hydrogen-bond donors (Lipinski definition) is 1. The summed E-state index contributed by atoms with van der Waals surface area (Å²) in [6.45, 7) is 14.4. The second-order valence-corrected chi connectivity index (χ2v) is 7.27. The molecule has 0 spiro atoms. The van der Waals surface area contributed by atoms with Gasteiger partial charge in [0, 0.05) is 6.04 Å². The minimum atomic E-state index is 0.373. The van der Waals surface area contributed by atoms with Gasteiger partial charge < -0.3 is 10.2 Å². The van der Waals surface area contributed by atoms with Crippen LogP contribution in [-0.4, -0.2) is 37.1 Å². The van der Waals surface area contributed by atoms with Crippen molar-refractivity contribution in [1.82, 2.24) is 10.2 Å². The summed E-state index contributed by atoms with van der Waals surface area (Å²) in [5.74, 6) is 0. The van der Waals surface area contributed by atoms with Crippen LogP contribution in [0.25, 0.3) is 0 Å². The van der Waals surface area contributed by atoms with Crippen LogP contribution in [0.3, 0.4) is 0 Å². The van der Waals surface area contributed by atoms with E-state index in [2.05, 4.69) is 37.9 Å². The molecule has 2 nitrogen and oxygen atoms in total. The zero-order chi connectivity index (χ0) is 14.1. The number of nitrogens with zero attached hydrogens (tertiary/aromatic N) is 1. The first-order valence-electron chi connectivity index (χ1n) is 8.49. The van der Waals surface area contributed by atoms with Crippen LogP contribution in [0.2, 0.25) is 0 Å². The summed E-state index contributed by atoms with van der Waals surface area (Å²) in [4.78, 5) is 2.70. The second kappa shape index (κ2) is 8.97. The van der Waals surface area contributed by atoms with E-state index in [-0.39, 0.29) is 0 Å². The first kappa shape index (κ1) is 17.0. The molecule has 0 aromatic heterocycles. The van der Waals surface area contributed by atoms with E-state index in [0.717, 1.165) is 6.54 Å². The lowest BCUT2D eigenvalue weighted by atomic mass is 9.84. The van der Waals surface area contributed by atoms with Crippen molar-refractivity contribution < 1.29 is 0 Å². The summed E-state index contributed by atoms with van der Waals surface area (Å²) < 4.78 is 0. The SMILES string of the molecule is CCCNC(CCN1CCCCCCC1)C(C)(C)C. The molecule has 0 amide bonds. The van der Waals surface area contributed by atoms with Crippen LogP contribution < -0.4 is 5.32 Å². The van der Waals surface area contributed by atoms with Crippen LogP contribution in [0.1, 0.15) is 72.6 Å². The molecule has 0 aromatic carbocycles. The summed E-state index contributed by atoms with van der Waals surface area (Å²) >= 11 is 0. The molecule has 1 aliphatic heterocycles. The third-order valence-corrected chi connectivity index (χ3v) is 4.37. The lowest BCUT2D eigenvalue weighted by molar-refractivity contribution is 0.194. The van der Waals surface area contributed by atoms with Gasteiger partial charge in [-0.2, -0.15) is 0 Å². The molecule has 1 atom stereocenters. The van der Waals surface area contributed by atoms with Crippen LogP contribution >= 0.6 is 0 Å². The van der Waals surface area contributed by atoms with Crippen molar-refractivity contribution >= 4 is 0 Å². The van der Waals surface area contributed by atoms with Crippen LogP contribution in [0.5, 0.6) is 0 Å². The highest BCUT2D eigenvalue weighted by Gasteiger charge is 2.24. The second-order valence-electron chi connectivity index (χ2n) is 7.27. The predicted octanol–water partition coefficient (Wildman–Crippen LogP) is 4.06. The first-order valence-corrected chi connectivity index (χ1v) is 8.49. The van der Waals surface area contributed by atoms with E-state index in [1.807, 2.05) is 0 Å². The number of likely N-dealkylation sites (tertiary alicyclic amines) is 1. The molecule has 1 saturated heterocycles. The molecule has 0 aromatic rings. The number of nitrogens with one attached hydrogen (secondary N) is 1. The highest BCUT2D eigenvalue weighted by molar-refractivity contribution is 4.81. The quantitative estimate of drug-likeness (QED) is 0.781. The van der Waals surface area contributed by atoms with Gasteiger partial charge in [0.25, 0.3) is 0 Å². The topological polar surface area (TPSA) is 15.3 Å². The molecule has 0 bridgehead atoms. The lowest BCUT2D eigenvalue weighted by Crippen LogP contribution is -2.43. The molecule has 1 fully saturated rings. The summed E-state index contributed by atoms with van der Waals surface area (Å²) in [6, 6.07) is 0.651. The maximum Gasteiger partial charge on any atom is 0.0128 e. The Labute approximate surface area is 121 Å². The van der Waals surface area contributed by atoms with Crippen LogP contribution in [-0.2, 0) is 0 Å². The molecule has 0 radical (unpaired) electrons. The largest absolute Gasteiger partial charge is 0.313 e. The van der Waals surface area contributed by atoms with E-state index in [9.17, 15) is 0 Å².